The van der Waals surface area contributed by atoms with Gasteiger partial charge in [0.1, 0.15) is 5.69 Å². The summed E-state index contributed by atoms with van der Waals surface area (Å²) in [6.45, 7) is 0. The quantitative estimate of drug-likeness (QED) is 0.681. The average molecular weight is 248 g/mol. The predicted octanol–water partition coefficient (Wildman–Crippen LogP) is 0.921. The van der Waals surface area contributed by atoms with Gasteiger partial charge >= 0.3 is 0 Å². The average Bonchev–Trinajstić information content (AvgIpc) is 2.46. The van der Waals surface area contributed by atoms with Crippen molar-refractivity contribution in [2.75, 3.05) is 0 Å². The van der Waals surface area contributed by atoms with Crippen LogP contribution in [0.3, 0.4) is 0 Å². The Labute approximate surface area is 95.1 Å². The molecule has 0 aliphatic rings. The maximum absolute atomic E-state index is 11.0. The lowest BCUT2D eigenvalue weighted by atomic mass is 10.5. The molecule has 0 saturated carbocycles. The monoisotopic (exact) mass is 248 g/mol. The van der Waals surface area contributed by atoms with Gasteiger partial charge < -0.3 is 0 Å². The van der Waals surface area contributed by atoms with E-state index in [1.54, 1.807) is 0 Å². The third kappa shape index (κ3) is 2.02. The molecule has 0 unspecified atom stereocenters. The summed E-state index contributed by atoms with van der Waals surface area (Å²) in [6, 6.07) is 0. The number of nitrogens with zero attached hydrogens (tertiary/aromatic N) is 2. The molecule has 74 valence electrons. The minimum absolute atomic E-state index is 0.120. The first-order valence-electron chi connectivity index (χ1n) is 3.22. The smallest absolute Gasteiger partial charge is 0.280 e. The molecule has 0 aliphatic heterocycles. The van der Waals surface area contributed by atoms with E-state index in [2.05, 4.69) is 42.9 Å². The van der Waals surface area contributed by atoms with E-state index in [9.17, 15) is 14.4 Å². The van der Waals surface area contributed by atoms with Crippen LogP contribution in [0.25, 0.3) is 0 Å². The number of thiol groups is 3. The van der Waals surface area contributed by atoms with E-state index < -0.39 is 15.5 Å². The zero-order chi connectivity index (χ0) is 10.9. The van der Waals surface area contributed by atoms with Gasteiger partial charge in [0.2, 0.25) is 5.12 Å². The van der Waals surface area contributed by atoms with E-state index >= 15 is 0 Å². The SMILES string of the molecule is O=C(S)c1cnc(C(=O)S)n1C(=O)S. The van der Waals surface area contributed by atoms with E-state index in [0.717, 1.165) is 10.8 Å². The Morgan fingerprint density at radius 3 is 2.07 bits per heavy atom. The molecule has 1 aromatic heterocycles. The maximum atomic E-state index is 11.0. The molecule has 0 N–H and O–H groups in total. The molecule has 0 spiro atoms. The van der Waals surface area contributed by atoms with Crippen molar-refractivity contribution in [1.29, 1.82) is 0 Å². The molecule has 0 atom stereocenters. The fourth-order valence-corrected chi connectivity index (χ4v) is 1.37. The highest BCUT2D eigenvalue weighted by molar-refractivity contribution is 7.98. The second-order valence-corrected chi connectivity index (χ2v) is 3.39. The number of hydrogen-bond donors (Lipinski definition) is 3. The van der Waals surface area contributed by atoms with Crippen molar-refractivity contribution in [3.63, 3.8) is 0 Å². The summed E-state index contributed by atoms with van der Waals surface area (Å²) in [5.41, 5.74) is -0.120. The predicted molar refractivity (Wildman–Crippen MR) is 58.6 cm³/mol. The standard InChI is InChI=1S/C6H4N2O3S3/c9-4(12)2-1-7-3(5(10)13)8(2)6(11)14/h1H,(H,9,12)(H,10,13)(H,11,14). The van der Waals surface area contributed by atoms with Crippen LogP contribution in [-0.4, -0.2) is 25.0 Å². The lowest BCUT2D eigenvalue weighted by molar-refractivity contribution is 0.107. The van der Waals surface area contributed by atoms with Crippen LogP contribution in [0.15, 0.2) is 6.20 Å². The first-order valence-corrected chi connectivity index (χ1v) is 4.57. The van der Waals surface area contributed by atoms with Gasteiger partial charge in [0.05, 0.1) is 6.20 Å². The van der Waals surface area contributed by atoms with Crippen molar-refractivity contribution in [3.05, 3.63) is 17.7 Å². The Kier molecular flexibility index (Phi) is 3.40. The zero-order valence-corrected chi connectivity index (χ0v) is 9.22. The van der Waals surface area contributed by atoms with Gasteiger partial charge in [-0.25, -0.2) is 9.55 Å². The second-order valence-electron chi connectivity index (χ2n) is 2.20. The van der Waals surface area contributed by atoms with E-state index in [-0.39, 0.29) is 11.5 Å². The summed E-state index contributed by atoms with van der Waals surface area (Å²) in [4.78, 5) is 36.3. The molecule has 0 bridgehead atoms. The van der Waals surface area contributed by atoms with Gasteiger partial charge in [0.25, 0.3) is 10.4 Å². The largest absolute Gasteiger partial charge is 0.289 e. The Balaban J connectivity index is 3.42. The van der Waals surface area contributed by atoms with Gasteiger partial charge in [-0.2, -0.15) is 0 Å². The number of imidazole rings is 1. The van der Waals surface area contributed by atoms with Crippen molar-refractivity contribution >= 4 is 53.4 Å². The summed E-state index contributed by atoms with van der Waals surface area (Å²) in [6.07, 6.45) is 1.06. The number of aromatic nitrogens is 2. The zero-order valence-electron chi connectivity index (χ0n) is 6.54. The van der Waals surface area contributed by atoms with Crippen LogP contribution in [0.1, 0.15) is 21.1 Å². The lowest BCUT2D eigenvalue weighted by Gasteiger charge is -2.01. The topological polar surface area (TPSA) is 69.0 Å². The summed E-state index contributed by atoms with van der Waals surface area (Å²) < 4.78 is 0.744. The van der Waals surface area contributed by atoms with Gasteiger partial charge in [-0.3, -0.25) is 14.4 Å². The number of rotatable bonds is 2. The third-order valence-corrected chi connectivity index (χ3v) is 1.99. The molecule has 1 rings (SSSR count). The highest BCUT2D eigenvalue weighted by Crippen LogP contribution is 2.11. The molecule has 14 heavy (non-hydrogen) atoms. The molecule has 5 nitrogen and oxygen atoms in total. The summed E-state index contributed by atoms with van der Waals surface area (Å²) in [7, 11) is 0. The molecular formula is C6H4N2O3S3. The molecule has 0 radical (unpaired) electrons. The van der Waals surface area contributed by atoms with Crippen molar-refractivity contribution in [3.8, 4) is 0 Å². The number of hydrogen-bond acceptors (Lipinski definition) is 4. The second kappa shape index (κ2) is 4.20. The first kappa shape index (κ1) is 11.3. The fraction of sp³-hybridized carbons (Fsp3) is 0. The van der Waals surface area contributed by atoms with Crippen LogP contribution in [0.4, 0.5) is 4.79 Å². The van der Waals surface area contributed by atoms with Gasteiger partial charge in [-0.05, 0) is 0 Å². The van der Waals surface area contributed by atoms with E-state index in [0.29, 0.717) is 0 Å². The Morgan fingerprint density at radius 2 is 1.71 bits per heavy atom. The Bertz CT molecular complexity index is 394. The third-order valence-electron chi connectivity index (χ3n) is 1.36. The van der Waals surface area contributed by atoms with Crippen molar-refractivity contribution in [1.82, 2.24) is 9.55 Å². The minimum atomic E-state index is -0.794. The van der Waals surface area contributed by atoms with Crippen LogP contribution < -0.4 is 0 Å². The first-order chi connectivity index (χ1) is 6.45. The van der Waals surface area contributed by atoms with Crippen molar-refractivity contribution < 1.29 is 14.4 Å². The van der Waals surface area contributed by atoms with Crippen molar-refractivity contribution in [2.24, 2.45) is 0 Å². The molecular weight excluding hydrogens is 244 g/mol. The molecule has 0 aromatic carbocycles. The Hall–Kier alpha value is -0.730. The highest BCUT2D eigenvalue weighted by Gasteiger charge is 2.20. The molecule has 1 aromatic rings. The lowest BCUT2D eigenvalue weighted by Crippen LogP contribution is -2.14. The molecule has 1 heterocycles. The van der Waals surface area contributed by atoms with E-state index in [1.165, 1.54) is 0 Å². The summed E-state index contributed by atoms with van der Waals surface area (Å²) >= 11 is 10.5. The molecule has 0 saturated heterocycles. The van der Waals surface area contributed by atoms with Gasteiger partial charge in [0, 0.05) is 0 Å². The molecule has 0 amide bonds. The molecule has 0 aliphatic carbocycles. The van der Waals surface area contributed by atoms with Crippen LogP contribution in [0.5, 0.6) is 0 Å². The minimum Gasteiger partial charge on any atom is -0.280 e. The van der Waals surface area contributed by atoms with Gasteiger partial charge in [0.15, 0.2) is 5.82 Å². The van der Waals surface area contributed by atoms with Gasteiger partial charge in [-0.1, -0.05) is 37.9 Å². The number of carbonyl (C=O) groups is 3. The van der Waals surface area contributed by atoms with E-state index in [4.69, 9.17) is 0 Å². The fourth-order valence-electron chi connectivity index (χ4n) is 0.847. The van der Waals surface area contributed by atoms with Crippen LogP contribution >= 0.6 is 37.9 Å². The van der Waals surface area contributed by atoms with Crippen LogP contribution in [0.2, 0.25) is 0 Å². The van der Waals surface area contributed by atoms with Gasteiger partial charge in [-0.15, -0.1) is 0 Å². The van der Waals surface area contributed by atoms with Crippen molar-refractivity contribution in [2.45, 2.75) is 0 Å². The maximum Gasteiger partial charge on any atom is 0.289 e. The van der Waals surface area contributed by atoms with E-state index in [1.807, 2.05) is 0 Å². The molecule has 0 fully saturated rings. The van der Waals surface area contributed by atoms with Crippen LogP contribution in [-0.2, 0) is 0 Å². The molecule has 8 heteroatoms. The summed E-state index contributed by atoms with van der Waals surface area (Å²) in [5, 5.41) is -2.20. The normalized spacial score (nSPS) is 9.93. The van der Waals surface area contributed by atoms with Crippen LogP contribution in [0, 0.1) is 0 Å². The Morgan fingerprint density at radius 1 is 1.14 bits per heavy atom. The summed E-state index contributed by atoms with van der Waals surface area (Å²) in [5.74, 6) is -0.259. The number of carbonyl (C=O) groups excluding carboxylic acids is 3. The highest BCUT2D eigenvalue weighted by atomic mass is 32.1.